The average Bonchev–Trinajstić information content (AvgIpc) is 3.59. The Morgan fingerprint density at radius 1 is 0.974 bits per heavy atom. The molecule has 0 unspecified atom stereocenters. The lowest BCUT2D eigenvalue weighted by atomic mass is 10.0. The summed E-state index contributed by atoms with van der Waals surface area (Å²) in [7, 11) is 0. The first-order valence-electron chi connectivity index (χ1n) is 12.2. The topological polar surface area (TPSA) is 109 Å². The third kappa shape index (κ3) is 5.39. The number of non-ortho nitro benzene ring substituents is 1. The number of nitro groups is 1. The van der Waals surface area contributed by atoms with Gasteiger partial charge in [0, 0.05) is 23.3 Å². The van der Waals surface area contributed by atoms with E-state index in [4.69, 9.17) is 13.6 Å². The lowest BCUT2D eigenvalue weighted by molar-refractivity contribution is -0.384. The first kappa shape index (κ1) is 24.7. The number of carbonyl (C=O) groups excluding carboxylic acids is 1. The molecule has 5 aromatic rings. The summed E-state index contributed by atoms with van der Waals surface area (Å²) in [6.45, 7) is 2.71. The molecule has 8 heteroatoms. The lowest BCUT2D eigenvalue weighted by Gasteiger charge is -2.07. The zero-order valence-electron chi connectivity index (χ0n) is 20.6. The summed E-state index contributed by atoms with van der Waals surface area (Å²) in [5, 5.41) is 11.0. The molecule has 0 fully saturated rings. The number of oxazole rings is 1. The summed E-state index contributed by atoms with van der Waals surface area (Å²) in [5.74, 6) is 1.49. The van der Waals surface area contributed by atoms with Crippen LogP contribution in [0.1, 0.15) is 41.8 Å². The van der Waals surface area contributed by atoms with Crippen molar-refractivity contribution in [2.75, 3.05) is 6.61 Å². The van der Waals surface area contributed by atoms with Gasteiger partial charge >= 0.3 is 0 Å². The number of nitro benzene ring substituents is 1. The van der Waals surface area contributed by atoms with Gasteiger partial charge in [-0.1, -0.05) is 25.5 Å². The molecule has 0 bridgehead atoms. The van der Waals surface area contributed by atoms with Gasteiger partial charge in [-0.25, -0.2) is 4.98 Å². The number of unbranched alkanes of at least 4 members (excludes halogenated alkanes) is 1. The molecule has 0 spiro atoms. The maximum absolute atomic E-state index is 13.7. The van der Waals surface area contributed by atoms with E-state index < -0.39 is 4.92 Å². The first-order valence-corrected chi connectivity index (χ1v) is 12.2. The monoisotopic (exact) mass is 508 g/mol. The minimum absolute atomic E-state index is 0.00829. The second-order valence-electron chi connectivity index (χ2n) is 8.61. The first-order chi connectivity index (χ1) is 18.5. The van der Waals surface area contributed by atoms with Crippen LogP contribution < -0.4 is 4.74 Å². The van der Waals surface area contributed by atoms with Crippen LogP contribution in [0.15, 0.2) is 93.8 Å². The zero-order valence-corrected chi connectivity index (χ0v) is 20.6. The number of para-hydroxylation sites is 2. The number of carbonyl (C=O) groups is 1. The predicted octanol–water partition coefficient (Wildman–Crippen LogP) is 7.60. The van der Waals surface area contributed by atoms with Crippen LogP contribution in [0.2, 0.25) is 0 Å². The quantitative estimate of drug-likeness (QED) is 0.0628. The number of ether oxygens (including phenoxy) is 1. The molecule has 38 heavy (non-hydrogen) atoms. The van der Waals surface area contributed by atoms with Crippen molar-refractivity contribution in [3.05, 3.63) is 112 Å². The Morgan fingerprint density at radius 3 is 2.45 bits per heavy atom. The highest BCUT2D eigenvalue weighted by atomic mass is 16.6. The van der Waals surface area contributed by atoms with E-state index in [2.05, 4.69) is 11.9 Å². The third-order valence-electron chi connectivity index (χ3n) is 5.93. The molecule has 8 nitrogen and oxygen atoms in total. The van der Waals surface area contributed by atoms with Crippen LogP contribution in [0.5, 0.6) is 5.75 Å². The summed E-state index contributed by atoms with van der Waals surface area (Å²) in [4.78, 5) is 28.7. The molecule has 0 aliphatic carbocycles. The van der Waals surface area contributed by atoms with Crippen LogP contribution in [-0.2, 0) is 0 Å². The van der Waals surface area contributed by atoms with E-state index in [0.717, 1.165) is 12.8 Å². The highest BCUT2D eigenvalue weighted by molar-refractivity contribution is 6.31. The molecule has 190 valence electrons. The zero-order chi connectivity index (χ0) is 26.5. The molecule has 2 heterocycles. The molecular weight excluding hydrogens is 484 g/mol. The molecule has 0 atom stereocenters. The fourth-order valence-corrected chi connectivity index (χ4v) is 3.88. The Hall–Kier alpha value is -4.98. The molecular formula is C30H24N2O6. The summed E-state index contributed by atoms with van der Waals surface area (Å²) in [5.41, 5.74) is 2.53. The molecule has 0 radical (unpaired) electrons. The fourth-order valence-electron chi connectivity index (χ4n) is 3.88. The largest absolute Gasteiger partial charge is 0.494 e. The molecule has 0 saturated carbocycles. The van der Waals surface area contributed by atoms with Gasteiger partial charge in [-0.2, -0.15) is 0 Å². The minimum atomic E-state index is -0.456. The van der Waals surface area contributed by atoms with Gasteiger partial charge in [0.15, 0.2) is 11.4 Å². The summed E-state index contributed by atoms with van der Waals surface area (Å²) in [6, 6.07) is 23.8. The van der Waals surface area contributed by atoms with Gasteiger partial charge in [-0.3, -0.25) is 14.9 Å². The van der Waals surface area contributed by atoms with Gasteiger partial charge in [0.1, 0.15) is 22.8 Å². The number of rotatable bonds is 10. The number of hydrogen-bond acceptors (Lipinski definition) is 7. The third-order valence-corrected chi connectivity index (χ3v) is 5.93. The van der Waals surface area contributed by atoms with Crippen LogP contribution >= 0.6 is 0 Å². The fraction of sp³-hybridized carbons (Fsp3) is 0.133. The van der Waals surface area contributed by atoms with E-state index in [-0.39, 0.29) is 22.9 Å². The number of fused-ring (bicyclic) bond motifs is 1. The molecule has 3 aromatic carbocycles. The molecule has 2 aromatic heterocycles. The number of nitrogens with zero attached hydrogens (tertiary/aromatic N) is 2. The van der Waals surface area contributed by atoms with Crippen LogP contribution in [0.25, 0.3) is 34.1 Å². The number of allylic oxidation sites excluding steroid dienone is 1. The minimum Gasteiger partial charge on any atom is -0.494 e. The number of benzene rings is 3. The van der Waals surface area contributed by atoms with E-state index in [1.165, 1.54) is 12.1 Å². The van der Waals surface area contributed by atoms with Crippen LogP contribution in [0.3, 0.4) is 0 Å². The SMILES string of the molecule is CCCCOc1ccc(C(=O)C(=Cc2ccc(-c3ccc([N+](=O)[O-])cc3)o2)c2nc3ccccc3o2)cc1. The Morgan fingerprint density at radius 2 is 1.74 bits per heavy atom. The molecule has 0 aliphatic heterocycles. The number of aromatic nitrogens is 1. The van der Waals surface area contributed by atoms with Crippen LogP contribution in [-0.4, -0.2) is 22.3 Å². The van der Waals surface area contributed by atoms with E-state index >= 15 is 0 Å². The van der Waals surface area contributed by atoms with Gasteiger partial charge in [0.25, 0.3) is 5.69 Å². The van der Waals surface area contributed by atoms with E-state index in [9.17, 15) is 14.9 Å². The Kier molecular flexibility index (Phi) is 7.13. The Balaban J connectivity index is 1.49. The van der Waals surface area contributed by atoms with Crippen molar-refractivity contribution in [1.82, 2.24) is 4.98 Å². The molecule has 0 N–H and O–H groups in total. The van der Waals surface area contributed by atoms with Gasteiger partial charge in [0.05, 0.1) is 17.1 Å². The van der Waals surface area contributed by atoms with E-state index in [1.54, 1.807) is 60.7 Å². The highest BCUT2D eigenvalue weighted by Crippen LogP contribution is 2.30. The van der Waals surface area contributed by atoms with Crippen molar-refractivity contribution < 1.29 is 23.3 Å². The highest BCUT2D eigenvalue weighted by Gasteiger charge is 2.21. The van der Waals surface area contributed by atoms with Gasteiger partial charge in [-0.05, 0) is 73.2 Å². The Bertz CT molecular complexity index is 1580. The van der Waals surface area contributed by atoms with Crippen molar-refractivity contribution >= 4 is 34.2 Å². The predicted molar refractivity (Wildman–Crippen MR) is 144 cm³/mol. The number of ketones is 1. The second-order valence-corrected chi connectivity index (χ2v) is 8.61. The molecule has 5 rings (SSSR count). The molecule has 0 aliphatic rings. The van der Waals surface area contributed by atoms with Crippen molar-refractivity contribution in [2.24, 2.45) is 0 Å². The molecule has 0 saturated heterocycles. The smallest absolute Gasteiger partial charge is 0.269 e. The number of furan rings is 1. The van der Waals surface area contributed by atoms with Crippen molar-refractivity contribution in [1.29, 1.82) is 0 Å². The van der Waals surface area contributed by atoms with Gasteiger partial charge in [-0.15, -0.1) is 0 Å². The summed E-state index contributed by atoms with van der Waals surface area (Å²) in [6.07, 6.45) is 3.58. The molecule has 0 amide bonds. The Labute approximate surface area is 218 Å². The maximum Gasteiger partial charge on any atom is 0.269 e. The van der Waals surface area contributed by atoms with Gasteiger partial charge < -0.3 is 13.6 Å². The van der Waals surface area contributed by atoms with Crippen LogP contribution in [0.4, 0.5) is 5.69 Å². The van der Waals surface area contributed by atoms with Crippen molar-refractivity contribution in [3.8, 4) is 17.1 Å². The lowest BCUT2D eigenvalue weighted by Crippen LogP contribution is -2.04. The van der Waals surface area contributed by atoms with Crippen molar-refractivity contribution in [2.45, 2.75) is 19.8 Å². The summed E-state index contributed by atoms with van der Waals surface area (Å²) < 4.78 is 17.6. The van der Waals surface area contributed by atoms with Crippen LogP contribution in [0, 0.1) is 10.1 Å². The standard InChI is InChI=1S/C30H24N2O6/c1-2-3-18-36-23-14-10-21(11-15-23)29(33)25(30-31-26-6-4-5-7-28(26)38-30)19-24-16-17-27(37-24)20-8-12-22(13-9-20)32(34)35/h4-17,19H,2-3,18H2,1H3. The van der Waals surface area contributed by atoms with Crippen molar-refractivity contribution in [3.63, 3.8) is 0 Å². The van der Waals surface area contributed by atoms with E-state index in [0.29, 0.717) is 46.1 Å². The van der Waals surface area contributed by atoms with E-state index in [1.807, 2.05) is 18.2 Å². The number of hydrogen-bond donors (Lipinski definition) is 0. The average molecular weight is 509 g/mol. The number of Topliss-reactive ketones (excluding diaryl/α,β-unsaturated/α-hetero) is 1. The summed E-state index contributed by atoms with van der Waals surface area (Å²) >= 11 is 0. The second kappa shape index (κ2) is 11.0. The maximum atomic E-state index is 13.7. The van der Waals surface area contributed by atoms with Gasteiger partial charge in [0.2, 0.25) is 5.89 Å². The normalized spacial score (nSPS) is 11.6.